The summed E-state index contributed by atoms with van der Waals surface area (Å²) in [5.41, 5.74) is 4.29. The number of nitrogens with zero attached hydrogens (tertiary/aromatic N) is 5. The maximum absolute atomic E-state index is 14.0. The standard InChI is InChI=1S/C34H34F4N6O2S/c1-21(2)29-19-25(35)9-15-30(29)43-16-3-17-47-33(43)41-32(45)40-26-10-8-24(18-26)22-4-6-23(7-5-22)31-39-20-44(42-31)27-11-13-28(14-12-27)46-34(36,37)38/h4-7,9,11-15,19-21,24,26H,3,8,10,16-18H2,1-2H3,(H,40,45). The fourth-order valence-electron chi connectivity index (χ4n) is 6.04. The van der Waals surface area contributed by atoms with Crippen LogP contribution >= 0.6 is 11.8 Å². The Morgan fingerprint density at radius 1 is 1.06 bits per heavy atom. The zero-order chi connectivity index (χ0) is 33.1. The molecule has 2 amide bonds. The van der Waals surface area contributed by atoms with E-state index in [2.05, 4.69) is 25.1 Å². The Morgan fingerprint density at radius 2 is 1.83 bits per heavy atom. The molecule has 47 heavy (non-hydrogen) atoms. The van der Waals surface area contributed by atoms with Crippen molar-refractivity contribution in [1.29, 1.82) is 0 Å². The number of anilines is 1. The van der Waals surface area contributed by atoms with Gasteiger partial charge in [-0.1, -0.05) is 49.9 Å². The smallest absolute Gasteiger partial charge is 0.406 e. The van der Waals surface area contributed by atoms with E-state index in [1.54, 1.807) is 23.9 Å². The van der Waals surface area contributed by atoms with Gasteiger partial charge < -0.3 is 15.0 Å². The molecule has 8 nitrogen and oxygen atoms in total. The molecule has 1 aliphatic heterocycles. The molecule has 6 rings (SSSR count). The van der Waals surface area contributed by atoms with Gasteiger partial charge in [0, 0.05) is 29.6 Å². The maximum atomic E-state index is 14.0. The number of carbonyl (C=O) groups excluding carboxylic acids is 1. The highest BCUT2D eigenvalue weighted by molar-refractivity contribution is 8.14. The molecule has 2 heterocycles. The molecule has 0 bridgehead atoms. The van der Waals surface area contributed by atoms with Crippen LogP contribution < -0.4 is 15.0 Å². The first-order valence-corrected chi connectivity index (χ1v) is 16.5. The maximum Gasteiger partial charge on any atom is 0.573 e. The molecule has 2 atom stereocenters. The number of halogens is 4. The van der Waals surface area contributed by atoms with Crippen LogP contribution in [0.5, 0.6) is 5.75 Å². The summed E-state index contributed by atoms with van der Waals surface area (Å²) in [6, 6.07) is 17.8. The molecule has 2 unspecified atom stereocenters. The number of aliphatic imine (C=N–C) groups is 1. The second-order valence-electron chi connectivity index (χ2n) is 11.9. The highest BCUT2D eigenvalue weighted by atomic mass is 32.2. The number of aromatic nitrogens is 3. The van der Waals surface area contributed by atoms with Gasteiger partial charge in [-0.25, -0.2) is 18.9 Å². The number of rotatable bonds is 7. The largest absolute Gasteiger partial charge is 0.573 e. The van der Waals surface area contributed by atoms with Crippen molar-refractivity contribution in [2.24, 2.45) is 4.99 Å². The average Bonchev–Trinajstić information content (AvgIpc) is 3.72. The molecule has 1 aromatic heterocycles. The molecule has 0 spiro atoms. The third-order valence-corrected chi connectivity index (χ3v) is 9.38. The number of urea groups is 1. The predicted octanol–water partition coefficient (Wildman–Crippen LogP) is 8.44. The normalized spacial score (nSPS) is 19.4. The number of benzene rings is 3. The molecule has 13 heteroatoms. The summed E-state index contributed by atoms with van der Waals surface area (Å²) in [5, 5.41) is 8.21. The van der Waals surface area contributed by atoms with Crippen LogP contribution in [0.15, 0.2) is 78.0 Å². The van der Waals surface area contributed by atoms with Crippen LogP contribution in [0.25, 0.3) is 17.1 Å². The minimum atomic E-state index is -4.75. The van der Waals surface area contributed by atoms with Crippen molar-refractivity contribution in [3.8, 4) is 22.8 Å². The fraction of sp³-hybridized carbons (Fsp3) is 0.353. The Kier molecular flexibility index (Phi) is 9.53. The second-order valence-corrected chi connectivity index (χ2v) is 13.0. The number of thioether (sulfide) groups is 1. The van der Waals surface area contributed by atoms with E-state index in [1.165, 1.54) is 41.3 Å². The molecule has 2 fully saturated rings. The topological polar surface area (TPSA) is 84.6 Å². The first-order chi connectivity index (χ1) is 22.5. The number of ether oxygens (including phenoxy) is 1. The van der Waals surface area contributed by atoms with E-state index in [-0.39, 0.29) is 35.5 Å². The minimum absolute atomic E-state index is 0.000832. The van der Waals surface area contributed by atoms with Crippen LogP contribution in [0.4, 0.5) is 28.0 Å². The van der Waals surface area contributed by atoms with Crippen LogP contribution in [0.2, 0.25) is 0 Å². The van der Waals surface area contributed by atoms with Crippen molar-refractivity contribution in [1.82, 2.24) is 20.1 Å². The third-order valence-electron chi connectivity index (χ3n) is 8.31. The first kappa shape index (κ1) is 32.5. The first-order valence-electron chi connectivity index (χ1n) is 15.5. The third kappa shape index (κ3) is 7.95. The van der Waals surface area contributed by atoms with Gasteiger partial charge in [0.05, 0.1) is 5.69 Å². The monoisotopic (exact) mass is 666 g/mol. The molecular weight excluding hydrogens is 632 g/mol. The predicted molar refractivity (Wildman–Crippen MR) is 175 cm³/mol. The highest BCUT2D eigenvalue weighted by Gasteiger charge is 2.31. The summed E-state index contributed by atoms with van der Waals surface area (Å²) in [6.07, 6.45) is 0.259. The fourth-order valence-corrected chi connectivity index (χ4v) is 6.99. The van der Waals surface area contributed by atoms with E-state index < -0.39 is 6.36 Å². The highest BCUT2D eigenvalue weighted by Crippen LogP contribution is 2.36. The number of hydrogen-bond donors (Lipinski definition) is 1. The molecule has 1 saturated heterocycles. The molecule has 3 aromatic carbocycles. The summed E-state index contributed by atoms with van der Waals surface area (Å²) in [6.45, 7) is 4.77. The van der Waals surface area contributed by atoms with Crippen LogP contribution in [0, 0.1) is 5.82 Å². The zero-order valence-electron chi connectivity index (χ0n) is 25.9. The molecule has 1 N–H and O–H groups in total. The van der Waals surface area contributed by atoms with Crippen LogP contribution in [0.3, 0.4) is 0 Å². The molecule has 0 radical (unpaired) electrons. The summed E-state index contributed by atoms with van der Waals surface area (Å²) >= 11 is 1.54. The van der Waals surface area contributed by atoms with E-state index in [0.29, 0.717) is 16.7 Å². The summed E-state index contributed by atoms with van der Waals surface area (Å²) in [4.78, 5) is 23.9. The molecule has 2 aliphatic rings. The van der Waals surface area contributed by atoms with Gasteiger partial charge >= 0.3 is 12.4 Å². The minimum Gasteiger partial charge on any atom is -0.406 e. The Labute approximate surface area is 274 Å². The average molecular weight is 667 g/mol. The van der Waals surface area contributed by atoms with Crippen molar-refractivity contribution in [3.63, 3.8) is 0 Å². The summed E-state index contributed by atoms with van der Waals surface area (Å²) in [7, 11) is 0. The molecule has 246 valence electrons. The Bertz CT molecular complexity index is 1740. The van der Waals surface area contributed by atoms with Gasteiger partial charge in [-0.3, -0.25) is 0 Å². The Hall–Kier alpha value is -4.39. The van der Waals surface area contributed by atoms with Gasteiger partial charge in [0.1, 0.15) is 17.9 Å². The van der Waals surface area contributed by atoms with Crippen LogP contribution in [0.1, 0.15) is 62.5 Å². The lowest BCUT2D eigenvalue weighted by molar-refractivity contribution is -0.274. The number of amidine groups is 1. The van der Waals surface area contributed by atoms with Crippen molar-refractivity contribution in [2.45, 2.75) is 63.8 Å². The number of alkyl halides is 3. The summed E-state index contributed by atoms with van der Waals surface area (Å²) in [5.74, 6) is 1.17. The van der Waals surface area contributed by atoms with Crippen LogP contribution in [-0.4, -0.2) is 50.7 Å². The summed E-state index contributed by atoms with van der Waals surface area (Å²) < 4.78 is 56.8. The van der Waals surface area contributed by atoms with E-state index in [1.807, 2.05) is 43.0 Å². The van der Waals surface area contributed by atoms with Gasteiger partial charge in [-0.15, -0.1) is 18.3 Å². The van der Waals surface area contributed by atoms with Crippen molar-refractivity contribution in [3.05, 3.63) is 90.0 Å². The molecule has 4 aromatic rings. The van der Waals surface area contributed by atoms with E-state index in [9.17, 15) is 22.4 Å². The molecule has 1 saturated carbocycles. The SMILES string of the molecule is CC(C)c1cc(F)ccc1N1CCCSC1=NC(=O)NC1CCC(c2ccc(-c3ncn(-c4ccc(OC(F)(F)F)cc4)n3)cc2)C1. The number of amides is 2. The number of nitrogens with one attached hydrogen (secondary N) is 1. The van der Waals surface area contributed by atoms with Gasteiger partial charge in [-0.2, -0.15) is 4.99 Å². The second kappa shape index (κ2) is 13.8. The Balaban J connectivity index is 1.06. The number of hydrogen-bond acceptors (Lipinski definition) is 5. The van der Waals surface area contributed by atoms with E-state index in [0.717, 1.165) is 60.4 Å². The lowest BCUT2D eigenvalue weighted by Gasteiger charge is -2.32. The van der Waals surface area contributed by atoms with Gasteiger partial charge in [0.25, 0.3) is 0 Å². The lowest BCUT2D eigenvalue weighted by atomic mass is 9.96. The number of carbonyl (C=O) groups is 1. The molecule has 1 aliphatic carbocycles. The molecular formula is C34H34F4N6O2S. The van der Waals surface area contributed by atoms with E-state index in [4.69, 9.17) is 0 Å². The lowest BCUT2D eigenvalue weighted by Crippen LogP contribution is -2.38. The Morgan fingerprint density at radius 3 is 2.55 bits per heavy atom. The van der Waals surface area contributed by atoms with E-state index >= 15 is 0 Å². The van der Waals surface area contributed by atoms with Crippen molar-refractivity contribution >= 4 is 28.6 Å². The quantitative estimate of drug-likeness (QED) is 0.199. The van der Waals surface area contributed by atoms with Crippen molar-refractivity contribution in [2.75, 3.05) is 17.2 Å². The van der Waals surface area contributed by atoms with Gasteiger partial charge in [0.15, 0.2) is 11.0 Å². The van der Waals surface area contributed by atoms with Crippen molar-refractivity contribution < 1.29 is 27.1 Å². The van der Waals surface area contributed by atoms with Gasteiger partial charge in [0.2, 0.25) is 0 Å². The zero-order valence-corrected chi connectivity index (χ0v) is 26.7. The van der Waals surface area contributed by atoms with Crippen LogP contribution in [-0.2, 0) is 0 Å². The van der Waals surface area contributed by atoms with Gasteiger partial charge in [-0.05, 0) is 91.1 Å².